The summed E-state index contributed by atoms with van der Waals surface area (Å²) in [6.45, 7) is 4.73. The average Bonchev–Trinajstić information content (AvgIpc) is 3.33. The Balaban J connectivity index is 1.55. The van der Waals surface area contributed by atoms with E-state index < -0.39 is 0 Å². The average molecular weight is 339 g/mol. The number of aryl methyl sites for hydroxylation is 2. The van der Waals surface area contributed by atoms with E-state index in [0.717, 1.165) is 41.5 Å². The number of hydrogen-bond donors (Lipinski definition) is 0. The van der Waals surface area contributed by atoms with Crippen LogP contribution in [0.5, 0.6) is 0 Å². The van der Waals surface area contributed by atoms with Crippen molar-refractivity contribution in [2.24, 2.45) is 0 Å². The second-order valence-corrected chi connectivity index (χ2v) is 6.58. The van der Waals surface area contributed by atoms with Gasteiger partial charge in [0.1, 0.15) is 5.58 Å². The Hall–Kier alpha value is -2.63. The fourth-order valence-electron chi connectivity index (χ4n) is 3.47. The van der Waals surface area contributed by atoms with Crippen molar-refractivity contribution in [1.82, 2.24) is 15.0 Å². The van der Waals surface area contributed by atoms with E-state index >= 15 is 0 Å². The van der Waals surface area contributed by atoms with Crippen molar-refractivity contribution in [2.75, 3.05) is 6.54 Å². The van der Waals surface area contributed by atoms with Crippen LogP contribution in [-0.4, -0.2) is 27.5 Å². The van der Waals surface area contributed by atoms with Gasteiger partial charge in [0, 0.05) is 23.9 Å². The summed E-state index contributed by atoms with van der Waals surface area (Å²) >= 11 is 0. The highest BCUT2D eigenvalue weighted by Gasteiger charge is 2.33. The van der Waals surface area contributed by atoms with Crippen molar-refractivity contribution in [3.8, 4) is 0 Å². The minimum Gasteiger partial charge on any atom is -0.464 e. The number of benzene rings is 1. The lowest BCUT2D eigenvalue weighted by atomic mass is 10.1. The molecule has 0 radical (unpaired) electrons. The lowest BCUT2D eigenvalue weighted by molar-refractivity contribution is -0.131. The number of aromatic nitrogens is 2. The van der Waals surface area contributed by atoms with Crippen LogP contribution in [-0.2, 0) is 17.6 Å². The van der Waals surface area contributed by atoms with Crippen LogP contribution in [0.15, 0.2) is 33.4 Å². The van der Waals surface area contributed by atoms with Crippen molar-refractivity contribution < 1.29 is 13.7 Å². The van der Waals surface area contributed by atoms with Crippen LogP contribution in [0.2, 0.25) is 0 Å². The van der Waals surface area contributed by atoms with Crippen molar-refractivity contribution in [3.63, 3.8) is 0 Å². The molecule has 1 saturated heterocycles. The number of carbonyl (C=O) groups is 1. The van der Waals surface area contributed by atoms with Gasteiger partial charge in [-0.1, -0.05) is 24.2 Å². The number of amides is 1. The number of hydrogen-bond acceptors (Lipinski definition) is 5. The minimum atomic E-state index is -0.0861. The first-order chi connectivity index (χ1) is 12.2. The van der Waals surface area contributed by atoms with E-state index in [1.807, 2.05) is 36.9 Å². The molecule has 3 heterocycles. The highest BCUT2D eigenvalue weighted by atomic mass is 16.5. The van der Waals surface area contributed by atoms with E-state index in [0.29, 0.717) is 24.6 Å². The maximum atomic E-state index is 12.9. The van der Waals surface area contributed by atoms with Gasteiger partial charge in [-0.25, -0.2) is 0 Å². The van der Waals surface area contributed by atoms with Crippen molar-refractivity contribution in [3.05, 3.63) is 47.3 Å². The fourth-order valence-corrected chi connectivity index (χ4v) is 3.47. The lowest BCUT2D eigenvalue weighted by Gasteiger charge is -2.22. The Morgan fingerprint density at radius 2 is 2.28 bits per heavy atom. The number of rotatable bonds is 4. The van der Waals surface area contributed by atoms with Gasteiger partial charge in [0.05, 0.1) is 18.7 Å². The molecule has 0 saturated carbocycles. The molecule has 6 nitrogen and oxygen atoms in total. The first-order valence-electron chi connectivity index (χ1n) is 8.74. The van der Waals surface area contributed by atoms with E-state index in [1.54, 1.807) is 6.26 Å². The zero-order valence-corrected chi connectivity index (χ0v) is 14.5. The van der Waals surface area contributed by atoms with Gasteiger partial charge in [-0.15, -0.1) is 0 Å². The Bertz CT molecular complexity index is 912. The SMILES string of the molecule is CCc1nc(C2CCCN2C(=O)Cc2coc3cc(C)ccc23)no1. The predicted octanol–water partition coefficient (Wildman–Crippen LogP) is 3.59. The maximum absolute atomic E-state index is 12.9. The quantitative estimate of drug-likeness (QED) is 0.726. The molecule has 1 fully saturated rings. The summed E-state index contributed by atoms with van der Waals surface area (Å²) in [7, 11) is 0. The zero-order chi connectivity index (χ0) is 17.4. The molecule has 0 aliphatic carbocycles. The Morgan fingerprint density at radius 3 is 3.08 bits per heavy atom. The number of carbonyl (C=O) groups excluding carboxylic acids is 1. The first kappa shape index (κ1) is 15.9. The van der Waals surface area contributed by atoms with Gasteiger partial charge in [0.2, 0.25) is 11.8 Å². The molecular weight excluding hydrogens is 318 g/mol. The molecule has 1 aromatic carbocycles. The van der Waals surface area contributed by atoms with Gasteiger partial charge in [0.15, 0.2) is 5.82 Å². The molecule has 6 heteroatoms. The number of likely N-dealkylation sites (tertiary alicyclic amines) is 1. The summed E-state index contributed by atoms with van der Waals surface area (Å²) in [5, 5.41) is 5.06. The number of nitrogens with zero attached hydrogens (tertiary/aromatic N) is 3. The van der Waals surface area contributed by atoms with Crippen molar-refractivity contribution >= 4 is 16.9 Å². The molecule has 0 N–H and O–H groups in total. The number of furan rings is 1. The van der Waals surface area contributed by atoms with Gasteiger partial charge in [-0.05, 0) is 31.4 Å². The largest absolute Gasteiger partial charge is 0.464 e. The Morgan fingerprint density at radius 1 is 1.40 bits per heavy atom. The monoisotopic (exact) mass is 339 g/mol. The molecule has 1 amide bonds. The van der Waals surface area contributed by atoms with Gasteiger partial charge < -0.3 is 13.8 Å². The minimum absolute atomic E-state index is 0.0774. The predicted molar refractivity (Wildman–Crippen MR) is 92.0 cm³/mol. The second kappa shape index (κ2) is 6.35. The van der Waals surface area contributed by atoms with E-state index in [9.17, 15) is 4.79 Å². The van der Waals surface area contributed by atoms with Crippen LogP contribution in [0, 0.1) is 6.92 Å². The van der Waals surface area contributed by atoms with Crippen molar-refractivity contribution in [1.29, 1.82) is 0 Å². The maximum Gasteiger partial charge on any atom is 0.227 e. The standard InChI is InChI=1S/C19H21N3O3/c1-3-17-20-19(21-25-17)15-5-4-8-22(15)18(23)10-13-11-24-16-9-12(2)6-7-14(13)16/h6-7,9,11,15H,3-5,8,10H2,1-2H3. The molecule has 3 aromatic rings. The fraction of sp³-hybridized carbons (Fsp3) is 0.421. The molecule has 130 valence electrons. The lowest BCUT2D eigenvalue weighted by Crippen LogP contribution is -2.32. The summed E-state index contributed by atoms with van der Waals surface area (Å²) in [4.78, 5) is 19.2. The summed E-state index contributed by atoms with van der Waals surface area (Å²) in [5.41, 5.74) is 2.89. The van der Waals surface area contributed by atoms with E-state index in [1.165, 1.54) is 0 Å². The summed E-state index contributed by atoms with van der Waals surface area (Å²) in [6.07, 6.45) is 4.55. The topological polar surface area (TPSA) is 72.4 Å². The van der Waals surface area contributed by atoms with Gasteiger partial charge in [-0.3, -0.25) is 4.79 Å². The van der Waals surface area contributed by atoms with Crippen molar-refractivity contribution in [2.45, 2.75) is 45.6 Å². The molecule has 4 rings (SSSR count). The van der Waals surface area contributed by atoms with Gasteiger partial charge >= 0.3 is 0 Å². The van der Waals surface area contributed by atoms with Crippen LogP contribution in [0.1, 0.15) is 48.6 Å². The van der Waals surface area contributed by atoms with E-state index in [2.05, 4.69) is 10.1 Å². The molecule has 1 unspecified atom stereocenters. The molecule has 2 aromatic heterocycles. The van der Waals surface area contributed by atoms with Gasteiger partial charge in [0.25, 0.3) is 0 Å². The van der Waals surface area contributed by atoms with Crippen LogP contribution in [0.4, 0.5) is 0 Å². The molecule has 1 aliphatic rings. The summed E-state index contributed by atoms with van der Waals surface area (Å²) in [6, 6.07) is 5.96. The van der Waals surface area contributed by atoms with Crippen LogP contribution < -0.4 is 0 Å². The summed E-state index contributed by atoms with van der Waals surface area (Å²) < 4.78 is 10.8. The third kappa shape index (κ3) is 2.92. The molecule has 1 aliphatic heterocycles. The van der Waals surface area contributed by atoms with E-state index in [4.69, 9.17) is 8.94 Å². The van der Waals surface area contributed by atoms with E-state index in [-0.39, 0.29) is 11.9 Å². The molecule has 0 bridgehead atoms. The Kier molecular flexibility index (Phi) is 4.03. The Labute approximate surface area is 145 Å². The molecular formula is C19H21N3O3. The molecule has 25 heavy (non-hydrogen) atoms. The third-order valence-corrected chi connectivity index (χ3v) is 4.81. The van der Waals surface area contributed by atoms with Crippen LogP contribution >= 0.6 is 0 Å². The summed E-state index contributed by atoms with van der Waals surface area (Å²) in [5.74, 6) is 1.31. The van der Waals surface area contributed by atoms with Crippen LogP contribution in [0.25, 0.3) is 11.0 Å². The zero-order valence-electron chi connectivity index (χ0n) is 14.5. The third-order valence-electron chi connectivity index (χ3n) is 4.81. The van der Waals surface area contributed by atoms with Gasteiger partial charge in [-0.2, -0.15) is 4.98 Å². The number of fused-ring (bicyclic) bond motifs is 1. The molecule has 0 spiro atoms. The smallest absolute Gasteiger partial charge is 0.227 e. The molecule has 1 atom stereocenters. The first-order valence-corrected chi connectivity index (χ1v) is 8.74. The second-order valence-electron chi connectivity index (χ2n) is 6.58. The van der Waals surface area contributed by atoms with Crippen LogP contribution in [0.3, 0.4) is 0 Å². The highest BCUT2D eigenvalue weighted by Crippen LogP contribution is 2.31. The normalized spacial score (nSPS) is 17.5. The highest BCUT2D eigenvalue weighted by molar-refractivity contribution is 5.88.